The van der Waals surface area contributed by atoms with E-state index in [-0.39, 0.29) is 0 Å². The molecule has 6 aliphatic rings. The Morgan fingerprint density at radius 1 is 0.475 bits per heavy atom. The summed E-state index contributed by atoms with van der Waals surface area (Å²) in [4.78, 5) is 10.3. The summed E-state index contributed by atoms with van der Waals surface area (Å²) in [7, 11) is 0. The summed E-state index contributed by atoms with van der Waals surface area (Å²) in [5.41, 5.74) is 21.8. The van der Waals surface area contributed by atoms with E-state index in [0.29, 0.717) is 0 Å². The Bertz CT molecular complexity index is 1940. The second kappa shape index (κ2) is 7.55. The number of rotatable bonds is 2. The number of nitrogens with zero attached hydrogens (tertiary/aromatic N) is 2. The van der Waals surface area contributed by atoms with Crippen LogP contribution in [0.25, 0.3) is 35.1 Å². The molecule has 0 fully saturated rings. The second-order valence-electron chi connectivity index (χ2n) is 12.1. The molecule has 2 heteroatoms. The quantitative estimate of drug-likeness (QED) is 0.258. The van der Waals surface area contributed by atoms with Gasteiger partial charge in [-0.2, -0.15) is 0 Å². The Hall–Kier alpha value is -4.56. The highest BCUT2D eigenvalue weighted by molar-refractivity contribution is 6.13. The van der Waals surface area contributed by atoms with Gasteiger partial charge in [0, 0.05) is 37.1 Å². The first-order chi connectivity index (χ1) is 19.7. The van der Waals surface area contributed by atoms with Crippen molar-refractivity contribution in [2.45, 2.75) is 38.5 Å². The highest BCUT2D eigenvalue weighted by Crippen LogP contribution is 2.42. The van der Waals surface area contributed by atoms with Gasteiger partial charge in [0.25, 0.3) is 0 Å². The molecular weight excluding hydrogens is 484 g/mol. The van der Waals surface area contributed by atoms with Crippen molar-refractivity contribution < 1.29 is 0 Å². The minimum Gasteiger partial charge on any atom is -0.252 e. The summed E-state index contributed by atoms with van der Waals surface area (Å²) in [6, 6.07) is 18.5. The van der Waals surface area contributed by atoms with E-state index < -0.39 is 0 Å². The Balaban J connectivity index is 0.937. The monoisotopic (exact) mass is 510 g/mol. The first-order valence-corrected chi connectivity index (χ1v) is 14.5. The molecule has 0 unspecified atom stereocenters. The van der Waals surface area contributed by atoms with E-state index >= 15 is 0 Å². The Morgan fingerprint density at radius 3 is 1.45 bits per heavy atom. The molecule has 188 valence electrons. The number of benzene rings is 4. The van der Waals surface area contributed by atoms with Crippen molar-refractivity contribution in [1.29, 1.82) is 0 Å². The lowest BCUT2D eigenvalue weighted by Crippen LogP contribution is -2.03. The molecule has 4 aromatic carbocycles. The van der Waals surface area contributed by atoms with Crippen molar-refractivity contribution in [1.82, 2.24) is 0 Å². The number of aliphatic imine (C=N–C) groups is 2. The van der Waals surface area contributed by atoms with Crippen LogP contribution in [0.15, 0.2) is 81.8 Å². The van der Waals surface area contributed by atoms with Gasteiger partial charge in [-0.15, -0.1) is 0 Å². The molecule has 0 bridgehead atoms. The van der Waals surface area contributed by atoms with Gasteiger partial charge >= 0.3 is 0 Å². The molecule has 10 rings (SSSR count). The van der Waals surface area contributed by atoms with Crippen molar-refractivity contribution >= 4 is 57.9 Å². The molecule has 2 heterocycles. The van der Waals surface area contributed by atoms with Crippen molar-refractivity contribution in [2.75, 3.05) is 0 Å². The van der Waals surface area contributed by atoms with Crippen molar-refractivity contribution in [3.8, 4) is 0 Å². The van der Waals surface area contributed by atoms with Gasteiger partial charge in [0.2, 0.25) is 0 Å². The summed E-state index contributed by atoms with van der Waals surface area (Å²) in [6.45, 7) is 0. The highest BCUT2D eigenvalue weighted by atomic mass is 14.8. The van der Waals surface area contributed by atoms with E-state index in [4.69, 9.17) is 9.98 Å². The van der Waals surface area contributed by atoms with Crippen LogP contribution in [0.3, 0.4) is 0 Å². The van der Waals surface area contributed by atoms with Crippen LogP contribution in [-0.2, 0) is 38.5 Å². The van der Waals surface area contributed by atoms with Crippen LogP contribution in [0.4, 0.5) is 11.4 Å². The van der Waals surface area contributed by atoms with Gasteiger partial charge in [-0.25, -0.2) is 0 Å². The average molecular weight is 511 g/mol. The molecule has 0 amide bonds. The lowest BCUT2D eigenvalue weighted by molar-refractivity contribution is 1.16. The molecule has 0 radical (unpaired) electrons. The standard InChI is InChI=1S/C38H26N2/c1-3-21-7-9-23-11-27(15-33(23)31(21)5-1)37-19-29-13-25-18-36-30(14-26(25)17-35(29)39-37)20-38(40-36)28-12-24-10-8-22-4-2-6-32(22)34(24)16-28/h1-4,7-14,17-18H,5-6,15-16,19-20H2. The third kappa shape index (κ3) is 2.94. The maximum atomic E-state index is 5.17. The van der Waals surface area contributed by atoms with Crippen molar-refractivity contribution in [2.24, 2.45) is 9.98 Å². The van der Waals surface area contributed by atoms with E-state index in [1.54, 1.807) is 0 Å². The first-order valence-electron chi connectivity index (χ1n) is 14.5. The van der Waals surface area contributed by atoms with Crippen molar-refractivity contribution in [3.63, 3.8) is 0 Å². The zero-order valence-corrected chi connectivity index (χ0v) is 22.2. The molecule has 0 N–H and O–H groups in total. The van der Waals surface area contributed by atoms with Gasteiger partial charge in [0.1, 0.15) is 0 Å². The van der Waals surface area contributed by atoms with Gasteiger partial charge < -0.3 is 0 Å². The Morgan fingerprint density at radius 2 is 0.950 bits per heavy atom. The van der Waals surface area contributed by atoms with E-state index in [1.165, 1.54) is 89.0 Å². The molecule has 4 aliphatic carbocycles. The van der Waals surface area contributed by atoms with Crippen LogP contribution >= 0.6 is 0 Å². The smallest absolute Gasteiger partial charge is 0.0675 e. The maximum absolute atomic E-state index is 5.17. The maximum Gasteiger partial charge on any atom is 0.0675 e. The van der Waals surface area contributed by atoms with Crippen LogP contribution in [0, 0.1) is 0 Å². The molecule has 0 spiro atoms. The van der Waals surface area contributed by atoms with Gasteiger partial charge in [-0.3, -0.25) is 9.98 Å². The molecular formula is C38H26N2. The molecule has 0 saturated heterocycles. The molecule has 40 heavy (non-hydrogen) atoms. The van der Waals surface area contributed by atoms with Gasteiger partial charge in [-0.05, 0) is 127 Å². The minimum atomic E-state index is 0.918. The third-order valence-electron chi connectivity index (χ3n) is 9.84. The molecule has 0 aromatic heterocycles. The summed E-state index contributed by atoms with van der Waals surface area (Å²) in [5.74, 6) is 0. The van der Waals surface area contributed by atoms with E-state index in [0.717, 1.165) is 49.9 Å². The highest BCUT2D eigenvalue weighted by Gasteiger charge is 2.28. The van der Waals surface area contributed by atoms with Crippen LogP contribution in [0.1, 0.15) is 55.6 Å². The largest absolute Gasteiger partial charge is 0.252 e. The van der Waals surface area contributed by atoms with Crippen LogP contribution in [0.2, 0.25) is 0 Å². The molecule has 2 nitrogen and oxygen atoms in total. The van der Waals surface area contributed by atoms with Gasteiger partial charge in [0.05, 0.1) is 11.4 Å². The number of allylic oxidation sites excluding steroid dienone is 4. The van der Waals surface area contributed by atoms with Gasteiger partial charge in [0.15, 0.2) is 0 Å². The molecule has 0 saturated carbocycles. The fourth-order valence-corrected chi connectivity index (χ4v) is 7.79. The summed E-state index contributed by atoms with van der Waals surface area (Å²) >= 11 is 0. The number of fused-ring (bicyclic) bond motifs is 9. The predicted octanol–water partition coefficient (Wildman–Crippen LogP) is 8.52. The summed E-state index contributed by atoms with van der Waals surface area (Å²) < 4.78 is 0. The Labute approximate surface area is 233 Å². The zero-order valence-electron chi connectivity index (χ0n) is 22.2. The van der Waals surface area contributed by atoms with Crippen LogP contribution < -0.4 is 0 Å². The predicted molar refractivity (Wildman–Crippen MR) is 167 cm³/mol. The Kier molecular flexibility index (Phi) is 4.02. The topological polar surface area (TPSA) is 24.7 Å². The van der Waals surface area contributed by atoms with E-state index in [1.807, 2.05) is 0 Å². The lowest BCUT2D eigenvalue weighted by atomic mass is 9.95. The lowest BCUT2D eigenvalue weighted by Gasteiger charge is -2.07. The van der Waals surface area contributed by atoms with Gasteiger partial charge in [-0.1, -0.05) is 48.6 Å². The zero-order chi connectivity index (χ0) is 25.9. The van der Waals surface area contributed by atoms with Crippen LogP contribution in [0.5, 0.6) is 0 Å². The van der Waals surface area contributed by atoms with Crippen LogP contribution in [-0.4, -0.2) is 11.4 Å². The molecule has 2 aliphatic heterocycles. The minimum absolute atomic E-state index is 0.918. The third-order valence-corrected chi connectivity index (χ3v) is 9.84. The summed E-state index contributed by atoms with van der Waals surface area (Å²) in [5, 5.41) is 2.55. The SMILES string of the molecule is C1=Cc2ccc3c(c2C1)CC(C1=Nc2cc4cc5c(cc4cc2C1)N=C(C1=Cc2ccc4c(c2C1)CC=C4)C5)=C3. The number of hydrogen-bond donors (Lipinski definition) is 0. The fraction of sp³-hybridized carbons (Fsp3) is 0.158. The second-order valence-corrected chi connectivity index (χ2v) is 12.1. The molecule has 0 atom stereocenters. The normalized spacial score (nSPS) is 18.3. The first kappa shape index (κ1) is 21.3. The summed E-state index contributed by atoms with van der Waals surface area (Å²) in [6.07, 6.45) is 19.8. The van der Waals surface area contributed by atoms with Crippen molar-refractivity contribution in [3.05, 3.63) is 127 Å². The molecule has 4 aromatic rings. The van der Waals surface area contributed by atoms with E-state index in [2.05, 4.69) is 85.0 Å². The fourth-order valence-electron chi connectivity index (χ4n) is 7.79. The number of hydrogen-bond acceptors (Lipinski definition) is 2. The average Bonchev–Trinajstić information content (AvgIpc) is 3.78. The van der Waals surface area contributed by atoms with E-state index in [9.17, 15) is 0 Å².